The smallest absolute Gasteiger partial charge is 0.279 e. The molecule has 10 nitrogen and oxygen atoms in total. The summed E-state index contributed by atoms with van der Waals surface area (Å²) in [5.41, 5.74) is 2.62. The number of non-ortho nitro benzene ring substituents is 1. The van der Waals surface area contributed by atoms with Crippen molar-refractivity contribution in [2.75, 3.05) is 44.7 Å². The molecule has 0 unspecified atom stereocenters. The number of likely N-dealkylation sites (N-methyl/N-ethyl adjacent to an activating group) is 1. The van der Waals surface area contributed by atoms with Gasteiger partial charge in [-0.3, -0.25) is 19.7 Å². The molecule has 5 rings (SSSR count). The average Bonchev–Trinajstić information content (AvgIpc) is 3.51. The van der Waals surface area contributed by atoms with E-state index < -0.39 is 4.92 Å². The van der Waals surface area contributed by atoms with Crippen molar-refractivity contribution in [3.8, 4) is 5.75 Å². The van der Waals surface area contributed by atoms with E-state index in [9.17, 15) is 19.7 Å². The summed E-state index contributed by atoms with van der Waals surface area (Å²) in [5.74, 6) is 0.0379. The van der Waals surface area contributed by atoms with E-state index in [2.05, 4.69) is 10.3 Å². The van der Waals surface area contributed by atoms with E-state index in [-0.39, 0.29) is 23.5 Å². The number of alkyl halides is 1. The Bertz CT molecular complexity index is 1580. The number of nitro benzene ring substituents is 1. The highest BCUT2D eigenvalue weighted by molar-refractivity contribution is 6.19. The minimum absolute atomic E-state index is 0.0552. The van der Waals surface area contributed by atoms with Gasteiger partial charge in [-0.15, -0.1) is 11.6 Å². The van der Waals surface area contributed by atoms with Gasteiger partial charge in [0.15, 0.2) is 0 Å². The first kappa shape index (κ1) is 25.5. The Morgan fingerprint density at radius 2 is 1.97 bits per heavy atom. The number of H-pyrrole nitrogens is 1. The van der Waals surface area contributed by atoms with Gasteiger partial charge in [0.1, 0.15) is 18.1 Å². The predicted octanol–water partition coefficient (Wildman–Crippen LogP) is 4.30. The number of nitrogens with one attached hydrogen (secondary N) is 2. The number of carbonyl (C=O) groups is 2. The second kappa shape index (κ2) is 10.3. The number of hydrogen-bond acceptors (Lipinski definition) is 6. The molecule has 0 atom stereocenters. The third kappa shape index (κ3) is 4.75. The zero-order valence-electron chi connectivity index (χ0n) is 20.9. The SMILES string of the molecule is CN(C)CCOc1ccc2[nH]c(C(=O)N3CCc4c3cc([N+](=O)[O-])c3ccc(C(=O)NCCl)cc43)cc2c1. The van der Waals surface area contributed by atoms with Gasteiger partial charge in [0.25, 0.3) is 17.5 Å². The topological polar surface area (TPSA) is 121 Å². The second-order valence-corrected chi connectivity index (χ2v) is 9.61. The van der Waals surface area contributed by atoms with Gasteiger partial charge in [-0.25, -0.2) is 0 Å². The number of nitrogens with zero attached hydrogens (tertiary/aromatic N) is 3. The molecule has 2 heterocycles. The van der Waals surface area contributed by atoms with Crippen LogP contribution in [0.15, 0.2) is 48.5 Å². The summed E-state index contributed by atoms with van der Waals surface area (Å²) in [6, 6.07) is 13.5. The van der Waals surface area contributed by atoms with Crippen LogP contribution in [0.2, 0.25) is 0 Å². The highest BCUT2D eigenvalue weighted by Crippen LogP contribution is 2.41. The monoisotopic (exact) mass is 535 g/mol. The van der Waals surface area contributed by atoms with Gasteiger partial charge in [0.2, 0.25) is 0 Å². The maximum absolute atomic E-state index is 13.6. The molecule has 11 heteroatoms. The molecule has 0 radical (unpaired) electrons. The molecular formula is C27H26ClN5O5. The number of rotatable bonds is 8. The van der Waals surface area contributed by atoms with Crippen molar-refractivity contribution >= 4 is 56.5 Å². The molecule has 0 aliphatic carbocycles. The quantitative estimate of drug-likeness (QED) is 0.150. The van der Waals surface area contributed by atoms with Crippen LogP contribution in [-0.4, -0.2) is 66.4 Å². The molecule has 0 fully saturated rings. The van der Waals surface area contributed by atoms with E-state index in [1.165, 1.54) is 12.1 Å². The summed E-state index contributed by atoms with van der Waals surface area (Å²) in [6.45, 7) is 1.68. The summed E-state index contributed by atoms with van der Waals surface area (Å²) < 4.78 is 5.81. The summed E-state index contributed by atoms with van der Waals surface area (Å²) in [7, 11) is 3.95. The molecule has 196 valence electrons. The fourth-order valence-corrected chi connectivity index (χ4v) is 4.89. The molecule has 0 spiro atoms. The van der Waals surface area contributed by atoms with Crippen molar-refractivity contribution in [1.82, 2.24) is 15.2 Å². The Hall–Kier alpha value is -4.15. The molecule has 1 aromatic heterocycles. The molecule has 1 aliphatic rings. The van der Waals surface area contributed by atoms with Crippen LogP contribution < -0.4 is 15.0 Å². The second-order valence-electron chi connectivity index (χ2n) is 9.34. The van der Waals surface area contributed by atoms with E-state index in [1.807, 2.05) is 37.2 Å². The van der Waals surface area contributed by atoms with Crippen LogP contribution in [0.5, 0.6) is 5.75 Å². The largest absolute Gasteiger partial charge is 0.492 e. The van der Waals surface area contributed by atoms with E-state index in [1.54, 1.807) is 23.1 Å². The first-order valence-electron chi connectivity index (χ1n) is 12.1. The highest BCUT2D eigenvalue weighted by atomic mass is 35.5. The number of hydrogen-bond donors (Lipinski definition) is 2. The van der Waals surface area contributed by atoms with Crippen LogP contribution in [0, 0.1) is 10.1 Å². The van der Waals surface area contributed by atoms with E-state index in [0.717, 1.165) is 23.0 Å². The van der Waals surface area contributed by atoms with Gasteiger partial charge in [-0.2, -0.15) is 0 Å². The number of aromatic nitrogens is 1. The minimum atomic E-state index is -0.469. The number of nitro groups is 1. The summed E-state index contributed by atoms with van der Waals surface area (Å²) >= 11 is 5.63. The number of benzene rings is 3. The van der Waals surface area contributed by atoms with Crippen LogP contribution in [-0.2, 0) is 6.42 Å². The Kier molecular flexibility index (Phi) is 6.92. The normalized spacial score (nSPS) is 12.8. The fourth-order valence-electron chi connectivity index (χ4n) is 4.77. The van der Waals surface area contributed by atoms with Gasteiger partial charge in [0, 0.05) is 35.6 Å². The number of ether oxygens (including phenoxy) is 1. The maximum Gasteiger partial charge on any atom is 0.279 e. The predicted molar refractivity (Wildman–Crippen MR) is 147 cm³/mol. The molecule has 4 aromatic rings. The van der Waals surface area contributed by atoms with Gasteiger partial charge in [-0.1, -0.05) is 0 Å². The van der Waals surface area contributed by atoms with Crippen molar-refractivity contribution in [3.63, 3.8) is 0 Å². The third-order valence-corrected chi connectivity index (χ3v) is 6.77. The number of amides is 2. The number of fused-ring (bicyclic) bond motifs is 4. The zero-order valence-corrected chi connectivity index (χ0v) is 21.7. The number of aromatic amines is 1. The minimum Gasteiger partial charge on any atom is -0.492 e. The molecule has 0 saturated heterocycles. The van der Waals surface area contributed by atoms with E-state index in [0.29, 0.717) is 53.0 Å². The summed E-state index contributed by atoms with van der Waals surface area (Å²) in [4.78, 5) is 44.2. The molecular weight excluding hydrogens is 510 g/mol. The molecule has 2 amide bonds. The standard InChI is InChI=1S/C27H26ClN5O5/c1-31(2)9-10-38-18-4-6-22-17(11-18)13-23(30-22)27(35)32-8-7-20-21-12-16(26(34)29-15-28)3-5-19(21)25(33(36)37)14-24(20)32/h3-6,11-14,30H,7-10,15H2,1-2H3,(H,29,34). The summed E-state index contributed by atoms with van der Waals surface area (Å²) in [6.07, 6.45) is 0.500. The van der Waals surface area contributed by atoms with E-state index in [4.69, 9.17) is 16.3 Å². The lowest BCUT2D eigenvalue weighted by molar-refractivity contribution is -0.383. The van der Waals surface area contributed by atoms with Gasteiger partial charge >= 0.3 is 0 Å². The van der Waals surface area contributed by atoms with Crippen LogP contribution >= 0.6 is 11.6 Å². The molecule has 2 N–H and O–H groups in total. The Balaban J connectivity index is 1.50. The lowest BCUT2D eigenvalue weighted by Gasteiger charge is -2.17. The number of carbonyl (C=O) groups excluding carboxylic acids is 2. The van der Waals surface area contributed by atoms with Gasteiger partial charge in [-0.05, 0) is 73.9 Å². The van der Waals surface area contributed by atoms with Crippen molar-refractivity contribution in [3.05, 3.63) is 75.5 Å². The van der Waals surface area contributed by atoms with Crippen LogP contribution in [0.4, 0.5) is 11.4 Å². The summed E-state index contributed by atoms with van der Waals surface area (Å²) in [5, 5.41) is 16.3. The van der Waals surface area contributed by atoms with Gasteiger partial charge < -0.3 is 24.8 Å². The zero-order chi connectivity index (χ0) is 27.0. The van der Waals surface area contributed by atoms with Crippen LogP contribution in [0.1, 0.15) is 26.4 Å². The Labute approximate surface area is 223 Å². The number of anilines is 1. The lowest BCUT2D eigenvalue weighted by Crippen LogP contribution is -2.29. The molecule has 1 aliphatic heterocycles. The van der Waals surface area contributed by atoms with Crippen molar-refractivity contribution < 1.29 is 19.2 Å². The highest BCUT2D eigenvalue weighted by Gasteiger charge is 2.31. The van der Waals surface area contributed by atoms with Crippen LogP contribution in [0.3, 0.4) is 0 Å². The molecule has 3 aromatic carbocycles. The maximum atomic E-state index is 13.6. The average molecular weight is 536 g/mol. The van der Waals surface area contributed by atoms with Crippen molar-refractivity contribution in [2.45, 2.75) is 6.42 Å². The van der Waals surface area contributed by atoms with Crippen molar-refractivity contribution in [2.24, 2.45) is 0 Å². The molecule has 38 heavy (non-hydrogen) atoms. The first-order chi connectivity index (χ1) is 18.3. The Morgan fingerprint density at radius 1 is 1.16 bits per heavy atom. The fraction of sp³-hybridized carbons (Fsp3) is 0.259. The first-order valence-corrected chi connectivity index (χ1v) is 12.6. The Morgan fingerprint density at radius 3 is 2.71 bits per heavy atom. The van der Waals surface area contributed by atoms with Crippen molar-refractivity contribution in [1.29, 1.82) is 0 Å². The van der Waals surface area contributed by atoms with Gasteiger partial charge in [0.05, 0.1) is 22.0 Å². The van der Waals surface area contributed by atoms with Crippen LogP contribution in [0.25, 0.3) is 21.7 Å². The third-order valence-electron chi connectivity index (χ3n) is 6.64. The number of halogens is 1. The van der Waals surface area contributed by atoms with E-state index >= 15 is 0 Å². The molecule has 0 saturated carbocycles. The molecule has 0 bridgehead atoms. The lowest BCUT2D eigenvalue weighted by atomic mass is 9.98.